The van der Waals surface area contributed by atoms with Crippen molar-refractivity contribution in [2.75, 3.05) is 11.9 Å². The van der Waals surface area contributed by atoms with E-state index in [2.05, 4.69) is 47.6 Å². The molecule has 1 heterocycles. The molecule has 0 saturated heterocycles. The number of aromatic nitrogens is 1. The number of aryl methyl sites for hydroxylation is 1. The van der Waals surface area contributed by atoms with Crippen LogP contribution in [0, 0.1) is 6.92 Å². The second-order valence-corrected chi connectivity index (χ2v) is 5.74. The van der Waals surface area contributed by atoms with Gasteiger partial charge < -0.3 is 5.32 Å². The van der Waals surface area contributed by atoms with E-state index >= 15 is 0 Å². The van der Waals surface area contributed by atoms with Crippen LogP contribution >= 0.6 is 11.3 Å². The summed E-state index contributed by atoms with van der Waals surface area (Å²) in [6.45, 7) is 3.04. The van der Waals surface area contributed by atoms with E-state index in [-0.39, 0.29) is 0 Å². The van der Waals surface area contributed by atoms with Crippen molar-refractivity contribution in [3.8, 4) is 0 Å². The van der Waals surface area contributed by atoms with Crippen LogP contribution in [0.2, 0.25) is 0 Å². The fourth-order valence-electron chi connectivity index (χ4n) is 2.06. The van der Waals surface area contributed by atoms with Crippen molar-refractivity contribution in [1.82, 2.24) is 4.98 Å². The molecule has 0 aliphatic carbocycles. The molecule has 3 heteroatoms. The Kier molecular flexibility index (Phi) is 3.47. The third-order valence-electron chi connectivity index (χ3n) is 3.03. The Bertz CT molecular complexity index is 674. The van der Waals surface area contributed by atoms with Crippen LogP contribution in [0.4, 0.5) is 5.69 Å². The van der Waals surface area contributed by atoms with Crippen LogP contribution < -0.4 is 5.32 Å². The predicted octanol–water partition coefficient (Wildman–Crippen LogP) is 4.26. The molecule has 0 unspecified atom stereocenters. The van der Waals surface area contributed by atoms with E-state index in [1.165, 1.54) is 21.0 Å². The summed E-state index contributed by atoms with van der Waals surface area (Å²) in [5.41, 5.74) is 3.58. The Morgan fingerprint density at radius 2 is 1.95 bits per heavy atom. The zero-order valence-corrected chi connectivity index (χ0v) is 11.7. The zero-order chi connectivity index (χ0) is 13.1. The fourth-order valence-corrected chi connectivity index (χ4v) is 3.12. The van der Waals surface area contributed by atoms with Crippen molar-refractivity contribution in [2.24, 2.45) is 0 Å². The SMILES string of the molecule is Cc1ccc2nc(CCNc3ccccc3)sc2c1. The van der Waals surface area contributed by atoms with Gasteiger partial charge in [0.1, 0.15) is 0 Å². The number of nitrogens with one attached hydrogen (secondary N) is 1. The molecule has 0 radical (unpaired) electrons. The average molecular weight is 268 g/mol. The monoisotopic (exact) mass is 268 g/mol. The van der Waals surface area contributed by atoms with Gasteiger partial charge in [-0.15, -0.1) is 11.3 Å². The van der Waals surface area contributed by atoms with Gasteiger partial charge in [0.2, 0.25) is 0 Å². The van der Waals surface area contributed by atoms with Crippen LogP contribution in [0.1, 0.15) is 10.6 Å². The van der Waals surface area contributed by atoms with Gasteiger partial charge in [-0.1, -0.05) is 24.3 Å². The van der Waals surface area contributed by atoms with E-state index in [1.807, 2.05) is 18.2 Å². The molecule has 0 aliphatic heterocycles. The van der Waals surface area contributed by atoms with E-state index in [0.717, 1.165) is 18.5 Å². The molecule has 0 amide bonds. The molecule has 2 aromatic carbocycles. The van der Waals surface area contributed by atoms with Crippen molar-refractivity contribution in [2.45, 2.75) is 13.3 Å². The Morgan fingerprint density at radius 3 is 2.79 bits per heavy atom. The molecule has 3 rings (SSSR count). The second kappa shape index (κ2) is 5.41. The van der Waals surface area contributed by atoms with Crippen molar-refractivity contribution in [3.63, 3.8) is 0 Å². The molecule has 0 atom stereocenters. The topological polar surface area (TPSA) is 24.9 Å². The van der Waals surface area contributed by atoms with Crippen molar-refractivity contribution in [1.29, 1.82) is 0 Å². The normalized spacial score (nSPS) is 10.8. The molecule has 0 bridgehead atoms. The molecule has 19 heavy (non-hydrogen) atoms. The van der Waals surface area contributed by atoms with Crippen LogP contribution in [0.15, 0.2) is 48.5 Å². The largest absolute Gasteiger partial charge is 0.385 e. The molecule has 0 fully saturated rings. The lowest BCUT2D eigenvalue weighted by Crippen LogP contribution is -2.04. The molecule has 3 aromatic rings. The molecule has 0 spiro atoms. The highest BCUT2D eigenvalue weighted by Gasteiger charge is 2.03. The van der Waals surface area contributed by atoms with Crippen molar-refractivity contribution >= 4 is 27.2 Å². The zero-order valence-electron chi connectivity index (χ0n) is 10.9. The average Bonchev–Trinajstić information content (AvgIpc) is 2.82. The summed E-state index contributed by atoms with van der Waals surface area (Å²) in [6, 6.07) is 16.7. The summed E-state index contributed by atoms with van der Waals surface area (Å²) >= 11 is 1.80. The summed E-state index contributed by atoms with van der Waals surface area (Å²) in [5, 5.41) is 4.61. The first kappa shape index (κ1) is 12.2. The summed E-state index contributed by atoms with van der Waals surface area (Å²) < 4.78 is 1.29. The highest BCUT2D eigenvalue weighted by atomic mass is 32.1. The highest BCUT2D eigenvalue weighted by molar-refractivity contribution is 7.18. The number of benzene rings is 2. The smallest absolute Gasteiger partial charge is 0.0956 e. The van der Waals surface area contributed by atoms with Crippen LogP contribution in [0.3, 0.4) is 0 Å². The molecular weight excluding hydrogens is 252 g/mol. The molecule has 2 nitrogen and oxygen atoms in total. The summed E-state index contributed by atoms with van der Waals surface area (Å²) in [6.07, 6.45) is 0.966. The Labute approximate surface area is 117 Å². The maximum Gasteiger partial charge on any atom is 0.0956 e. The Balaban J connectivity index is 1.65. The third-order valence-corrected chi connectivity index (χ3v) is 4.11. The number of nitrogens with zero attached hydrogens (tertiary/aromatic N) is 1. The lowest BCUT2D eigenvalue weighted by Gasteiger charge is -2.03. The Morgan fingerprint density at radius 1 is 1.11 bits per heavy atom. The van der Waals surface area contributed by atoms with Crippen LogP contribution in [-0.2, 0) is 6.42 Å². The predicted molar refractivity (Wildman–Crippen MR) is 83.0 cm³/mol. The minimum absolute atomic E-state index is 0.919. The van der Waals surface area contributed by atoms with E-state index in [9.17, 15) is 0 Å². The summed E-state index contributed by atoms with van der Waals surface area (Å²) in [4.78, 5) is 4.66. The second-order valence-electron chi connectivity index (χ2n) is 4.62. The molecule has 96 valence electrons. The third kappa shape index (κ3) is 2.93. The van der Waals surface area contributed by atoms with Gasteiger partial charge >= 0.3 is 0 Å². The van der Waals surface area contributed by atoms with Gasteiger partial charge in [-0.3, -0.25) is 0 Å². The number of para-hydroxylation sites is 1. The van der Waals surface area contributed by atoms with Crippen molar-refractivity contribution < 1.29 is 0 Å². The van der Waals surface area contributed by atoms with Gasteiger partial charge in [-0.2, -0.15) is 0 Å². The molecular formula is C16H16N2S. The molecule has 0 aliphatic rings. The number of fused-ring (bicyclic) bond motifs is 1. The number of anilines is 1. The molecule has 1 aromatic heterocycles. The maximum absolute atomic E-state index is 4.66. The number of thiazole rings is 1. The Hall–Kier alpha value is -1.87. The van der Waals surface area contributed by atoms with Gasteiger partial charge in [-0.25, -0.2) is 4.98 Å². The number of hydrogen-bond donors (Lipinski definition) is 1. The first-order valence-electron chi connectivity index (χ1n) is 6.46. The summed E-state index contributed by atoms with van der Waals surface area (Å²) in [7, 11) is 0. The lowest BCUT2D eigenvalue weighted by molar-refractivity contribution is 1.00. The first-order valence-corrected chi connectivity index (χ1v) is 7.28. The van der Waals surface area contributed by atoms with Gasteiger partial charge in [0.05, 0.1) is 15.2 Å². The van der Waals surface area contributed by atoms with Crippen molar-refractivity contribution in [3.05, 3.63) is 59.1 Å². The van der Waals surface area contributed by atoms with E-state index in [1.54, 1.807) is 11.3 Å². The minimum Gasteiger partial charge on any atom is -0.385 e. The fraction of sp³-hybridized carbons (Fsp3) is 0.188. The van der Waals surface area contributed by atoms with E-state index < -0.39 is 0 Å². The van der Waals surface area contributed by atoms with Gasteiger partial charge in [0, 0.05) is 18.7 Å². The van der Waals surface area contributed by atoms with Gasteiger partial charge in [-0.05, 0) is 36.8 Å². The van der Waals surface area contributed by atoms with E-state index in [0.29, 0.717) is 0 Å². The van der Waals surface area contributed by atoms with Gasteiger partial charge in [0.15, 0.2) is 0 Å². The van der Waals surface area contributed by atoms with Crippen LogP contribution in [-0.4, -0.2) is 11.5 Å². The summed E-state index contributed by atoms with van der Waals surface area (Å²) in [5.74, 6) is 0. The van der Waals surface area contributed by atoms with Crippen LogP contribution in [0.25, 0.3) is 10.2 Å². The molecule has 1 N–H and O–H groups in total. The van der Waals surface area contributed by atoms with E-state index in [4.69, 9.17) is 0 Å². The maximum atomic E-state index is 4.66. The molecule has 0 saturated carbocycles. The minimum atomic E-state index is 0.919. The highest BCUT2D eigenvalue weighted by Crippen LogP contribution is 2.23. The standard InChI is InChI=1S/C16H16N2S/c1-12-7-8-14-15(11-12)19-16(18-14)9-10-17-13-5-3-2-4-6-13/h2-8,11,17H,9-10H2,1H3. The van der Waals surface area contributed by atoms with Crippen LogP contribution in [0.5, 0.6) is 0 Å². The quantitative estimate of drug-likeness (QED) is 0.764. The number of rotatable bonds is 4. The lowest BCUT2D eigenvalue weighted by atomic mass is 10.2. The first-order chi connectivity index (χ1) is 9.31. The van der Waals surface area contributed by atoms with Gasteiger partial charge in [0.25, 0.3) is 0 Å². The number of hydrogen-bond acceptors (Lipinski definition) is 3.